The van der Waals surface area contributed by atoms with Crippen LogP contribution < -0.4 is 18.9 Å². The summed E-state index contributed by atoms with van der Waals surface area (Å²) < 4.78 is 30.0. The Morgan fingerprint density at radius 2 is 1.16 bits per heavy atom. The Kier molecular flexibility index (Phi) is 16.9. The third-order valence-electron chi connectivity index (χ3n) is 4.81. The molecule has 0 unspecified atom stereocenters. The predicted molar refractivity (Wildman–Crippen MR) is 148 cm³/mol. The lowest BCUT2D eigenvalue weighted by Gasteiger charge is -2.19. The van der Waals surface area contributed by atoms with Gasteiger partial charge in [-0.25, -0.2) is 0 Å². The molecule has 0 N–H and O–H groups in total. The van der Waals surface area contributed by atoms with Crippen LogP contribution in [-0.4, -0.2) is 98.6 Å². The summed E-state index contributed by atoms with van der Waals surface area (Å²) in [6.45, 7) is 1.50. The van der Waals surface area contributed by atoms with Crippen molar-refractivity contribution in [2.45, 2.75) is 13.3 Å². The summed E-state index contributed by atoms with van der Waals surface area (Å²) in [6, 6.07) is 10.2. The van der Waals surface area contributed by atoms with Gasteiger partial charge in [0.1, 0.15) is 23.0 Å². The van der Waals surface area contributed by atoms with Crippen molar-refractivity contribution < 1.29 is 38.0 Å². The number of ether oxygens (including phenoxy) is 6. The van der Waals surface area contributed by atoms with Crippen LogP contribution in [0.5, 0.6) is 23.0 Å². The van der Waals surface area contributed by atoms with Gasteiger partial charge in [0.25, 0.3) is 0 Å². The fourth-order valence-corrected chi connectivity index (χ4v) is 2.92. The van der Waals surface area contributed by atoms with Gasteiger partial charge in [0.15, 0.2) is 11.6 Å². The molecule has 10 nitrogen and oxygen atoms in total. The van der Waals surface area contributed by atoms with Crippen LogP contribution in [-0.2, 0) is 9.47 Å². The lowest BCUT2D eigenvalue weighted by molar-refractivity contribution is -0.179. The van der Waals surface area contributed by atoms with Gasteiger partial charge in [0.05, 0.1) is 39.6 Å². The van der Waals surface area contributed by atoms with Crippen LogP contribution in [0.4, 0.5) is 0 Å². The minimum absolute atomic E-state index is 0.0143. The number of carbonyl (C=O) groups excluding carboxylic acids is 2. The van der Waals surface area contributed by atoms with Gasteiger partial charge in [-0.15, -0.1) is 0 Å². The van der Waals surface area contributed by atoms with Crippen molar-refractivity contribution in [3.63, 3.8) is 0 Å². The third-order valence-corrected chi connectivity index (χ3v) is 4.81. The van der Waals surface area contributed by atoms with Crippen LogP contribution in [0.15, 0.2) is 48.7 Å². The molecule has 2 rings (SSSR count). The molecule has 10 heteroatoms. The minimum Gasteiger partial charge on any atom is -0.497 e. The number of hydrogen-bond donors (Lipinski definition) is 0. The Morgan fingerprint density at radius 3 is 1.47 bits per heavy atom. The lowest BCUT2D eigenvalue weighted by Crippen LogP contribution is -2.30. The molecule has 0 heterocycles. The summed E-state index contributed by atoms with van der Waals surface area (Å²) in [5, 5.41) is 0. The fraction of sp³-hybridized carbons (Fsp3) is 0.429. The van der Waals surface area contributed by atoms with Gasteiger partial charge < -0.3 is 33.3 Å². The molecule has 0 radical (unpaired) electrons. The van der Waals surface area contributed by atoms with Crippen molar-refractivity contribution in [3.05, 3.63) is 59.8 Å². The van der Waals surface area contributed by atoms with Crippen LogP contribution >= 0.6 is 0 Å². The fourth-order valence-electron chi connectivity index (χ4n) is 2.92. The number of hydrogen-bond acceptors (Lipinski definition) is 10. The van der Waals surface area contributed by atoms with Crippen molar-refractivity contribution >= 4 is 11.6 Å². The van der Waals surface area contributed by atoms with Gasteiger partial charge in [0.2, 0.25) is 6.41 Å². The molecule has 0 fully saturated rings. The van der Waals surface area contributed by atoms with E-state index in [2.05, 4.69) is 0 Å². The summed E-state index contributed by atoms with van der Waals surface area (Å²) in [7, 11) is 16.9. The largest absolute Gasteiger partial charge is 0.497 e. The molecule has 0 aliphatic heterocycles. The molecule has 0 aliphatic rings. The Hall–Kier alpha value is -3.60. The maximum Gasteiger partial charge on any atom is 0.217 e. The smallest absolute Gasteiger partial charge is 0.217 e. The van der Waals surface area contributed by atoms with E-state index in [1.54, 1.807) is 75.9 Å². The van der Waals surface area contributed by atoms with Crippen LogP contribution in [0.3, 0.4) is 0 Å². The molecular formula is C28H42N2O8. The van der Waals surface area contributed by atoms with Gasteiger partial charge in [-0.1, -0.05) is 0 Å². The molecule has 0 saturated heterocycles. The van der Waals surface area contributed by atoms with Crippen molar-refractivity contribution in [3.8, 4) is 23.0 Å². The number of carbonyl (C=O) groups is 2. The number of rotatable bonds is 11. The molecule has 38 heavy (non-hydrogen) atoms. The third kappa shape index (κ3) is 12.1. The normalized spacial score (nSPS) is 10.2. The van der Waals surface area contributed by atoms with E-state index in [1.807, 2.05) is 33.1 Å². The summed E-state index contributed by atoms with van der Waals surface area (Å²) in [4.78, 5) is 26.6. The Bertz CT molecular complexity index is 1020. The first-order valence-corrected chi connectivity index (χ1v) is 11.5. The molecule has 0 aromatic heterocycles. The molecule has 0 saturated carbocycles. The van der Waals surface area contributed by atoms with Crippen molar-refractivity contribution in [1.82, 2.24) is 9.80 Å². The molecule has 0 amide bonds. The van der Waals surface area contributed by atoms with E-state index in [1.165, 1.54) is 27.2 Å². The summed E-state index contributed by atoms with van der Waals surface area (Å²) in [5.74, 6) is 2.29. The first-order chi connectivity index (χ1) is 18.0. The van der Waals surface area contributed by atoms with Crippen molar-refractivity contribution in [2.24, 2.45) is 0 Å². The van der Waals surface area contributed by atoms with E-state index in [0.29, 0.717) is 34.1 Å². The molecule has 0 spiro atoms. The zero-order chi connectivity index (χ0) is 29.3. The van der Waals surface area contributed by atoms with E-state index < -0.39 is 0 Å². The number of nitrogens with zero attached hydrogens (tertiary/aromatic N) is 2. The molecule has 2 aromatic rings. The summed E-state index contributed by atoms with van der Waals surface area (Å²) in [5.41, 5.74) is 1.09. The van der Waals surface area contributed by atoms with E-state index in [-0.39, 0.29) is 18.0 Å². The highest BCUT2D eigenvalue weighted by atomic mass is 16.7. The highest BCUT2D eigenvalue weighted by Crippen LogP contribution is 2.25. The Balaban J connectivity index is 0.000000578. The SMILES string of the molecule is COC(OC)N(C)C.COc1ccc(C(=O)/C=C\N(C)C)c(OC)c1.COc1ccc(C(C)=O)c(OC)c1. The molecule has 0 atom stereocenters. The maximum absolute atomic E-state index is 11.9. The molecule has 212 valence electrons. The predicted octanol–water partition coefficient (Wildman–Crippen LogP) is 3.99. The summed E-state index contributed by atoms with van der Waals surface area (Å²) >= 11 is 0. The maximum atomic E-state index is 11.9. The second-order valence-corrected chi connectivity index (χ2v) is 8.07. The topological polar surface area (TPSA) is 96.0 Å². The van der Waals surface area contributed by atoms with Gasteiger partial charge >= 0.3 is 0 Å². The van der Waals surface area contributed by atoms with Gasteiger partial charge in [-0.2, -0.15) is 0 Å². The summed E-state index contributed by atoms with van der Waals surface area (Å²) in [6.07, 6.45) is 2.99. The number of allylic oxidation sites excluding steroid dienone is 1. The first-order valence-electron chi connectivity index (χ1n) is 11.5. The molecule has 0 bridgehead atoms. The van der Waals surface area contributed by atoms with Crippen LogP contribution in [0.2, 0.25) is 0 Å². The van der Waals surface area contributed by atoms with Crippen LogP contribution in [0.25, 0.3) is 0 Å². The van der Waals surface area contributed by atoms with E-state index in [9.17, 15) is 9.59 Å². The van der Waals surface area contributed by atoms with Crippen molar-refractivity contribution in [1.29, 1.82) is 0 Å². The quantitative estimate of drug-likeness (QED) is 0.239. The van der Waals surface area contributed by atoms with Gasteiger partial charge in [-0.05, 0) is 45.3 Å². The Labute approximate surface area is 226 Å². The molecule has 2 aromatic carbocycles. The highest BCUT2D eigenvalue weighted by Gasteiger charge is 2.11. The van der Waals surface area contributed by atoms with E-state index in [0.717, 1.165) is 0 Å². The highest BCUT2D eigenvalue weighted by molar-refractivity contribution is 6.06. The lowest BCUT2D eigenvalue weighted by atomic mass is 10.1. The number of benzene rings is 2. The average Bonchev–Trinajstić information content (AvgIpc) is 2.91. The zero-order valence-corrected chi connectivity index (χ0v) is 24.4. The number of methoxy groups -OCH3 is 6. The Morgan fingerprint density at radius 1 is 0.711 bits per heavy atom. The second kappa shape index (κ2) is 18.6. The molecular weight excluding hydrogens is 492 g/mol. The van der Waals surface area contributed by atoms with Crippen molar-refractivity contribution in [2.75, 3.05) is 70.8 Å². The van der Waals surface area contributed by atoms with Gasteiger partial charge in [0, 0.05) is 52.7 Å². The van der Waals surface area contributed by atoms with Crippen LogP contribution in [0, 0.1) is 0 Å². The second-order valence-electron chi connectivity index (χ2n) is 8.07. The van der Waals surface area contributed by atoms with E-state index in [4.69, 9.17) is 28.4 Å². The average molecular weight is 535 g/mol. The zero-order valence-electron chi connectivity index (χ0n) is 24.4. The van der Waals surface area contributed by atoms with Gasteiger partial charge in [-0.3, -0.25) is 14.5 Å². The first kappa shape index (κ1) is 34.4. The standard InChI is InChI=1S/C13H17NO3.C10H12O3.C5H13NO2/c1-14(2)8-7-12(15)11-6-5-10(16-3)9-13(11)17-4;1-7(11)9-5-4-8(12-2)6-10(9)13-3;1-6(2)5(7-3)8-4/h5-9H,1-4H3;4-6H,1-3H3;5H,1-4H3/b8-7-;;. The number of ketones is 2. The minimum atomic E-state index is -0.213. The number of Topliss-reactive ketones (excluding diaryl/α,β-unsaturated/α-hetero) is 1. The van der Waals surface area contributed by atoms with E-state index >= 15 is 0 Å². The monoisotopic (exact) mass is 534 g/mol. The molecule has 0 aliphatic carbocycles. The van der Waals surface area contributed by atoms with Crippen LogP contribution in [0.1, 0.15) is 27.6 Å².